The molecule has 3 amide bonds. The lowest BCUT2D eigenvalue weighted by Crippen LogP contribution is -2.49. The Morgan fingerprint density at radius 2 is 1.46 bits per heavy atom. The average Bonchev–Trinajstić information content (AvgIpc) is 2.93. The lowest BCUT2D eigenvalue weighted by Gasteiger charge is -2.32. The maximum absolute atomic E-state index is 14.1. The molecule has 1 fully saturated rings. The quantitative estimate of drug-likeness (QED) is 0.239. The van der Waals surface area contributed by atoms with Crippen LogP contribution in [0.15, 0.2) is 66.7 Å². The van der Waals surface area contributed by atoms with Crippen molar-refractivity contribution in [1.82, 2.24) is 5.32 Å². The first-order valence-electron chi connectivity index (χ1n) is 13.8. The predicted octanol–water partition coefficient (Wildman–Crippen LogP) is 8.32. The maximum atomic E-state index is 14.1. The lowest BCUT2D eigenvalue weighted by atomic mass is 9.83. The highest BCUT2D eigenvalue weighted by molar-refractivity contribution is 6.39. The number of nitrogens with one attached hydrogen (secondary N) is 3. The van der Waals surface area contributed by atoms with Gasteiger partial charge in [0.15, 0.2) is 0 Å². The Kier molecular flexibility index (Phi) is 9.94. The number of ether oxygens (including phenoxy) is 1. The Hall–Kier alpha value is -3.55. The van der Waals surface area contributed by atoms with Gasteiger partial charge in [-0.2, -0.15) is 0 Å². The molecule has 4 rings (SSSR count). The van der Waals surface area contributed by atoms with E-state index in [4.69, 9.17) is 27.9 Å². The van der Waals surface area contributed by atoms with Crippen LogP contribution in [0.1, 0.15) is 63.2 Å². The number of rotatable bonds is 7. The van der Waals surface area contributed by atoms with Gasteiger partial charge in [-0.3, -0.25) is 4.79 Å². The van der Waals surface area contributed by atoms with Crippen LogP contribution in [-0.2, 0) is 9.53 Å². The Bertz CT molecular complexity index is 1380. The summed E-state index contributed by atoms with van der Waals surface area (Å²) in [6.45, 7) is 5.42. The summed E-state index contributed by atoms with van der Waals surface area (Å²) in [5.41, 5.74) is 1.41. The van der Waals surface area contributed by atoms with E-state index < -0.39 is 29.6 Å². The normalized spacial score (nSPS) is 14.6. The molecule has 9 heteroatoms. The van der Waals surface area contributed by atoms with Crippen molar-refractivity contribution in [3.8, 4) is 11.1 Å². The molecule has 1 atom stereocenters. The van der Waals surface area contributed by atoms with Crippen LogP contribution in [0, 0.1) is 5.92 Å². The summed E-state index contributed by atoms with van der Waals surface area (Å²) in [5.74, 6) is -0.999. The third-order valence-electron chi connectivity index (χ3n) is 6.89. The molecule has 0 bridgehead atoms. The van der Waals surface area contributed by atoms with E-state index in [9.17, 15) is 14.4 Å². The highest BCUT2D eigenvalue weighted by Crippen LogP contribution is 2.33. The number of para-hydroxylation sites is 1. The fourth-order valence-electron chi connectivity index (χ4n) is 5.06. The van der Waals surface area contributed by atoms with Crippen molar-refractivity contribution in [3.63, 3.8) is 0 Å². The van der Waals surface area contributed by atoms with Crippen LogP contribution in [0.25, 0.3) is 11.1 Å². The Morgan fingerprint density at radius 3 is 2.10 bits per heavy atom. The van der Waals surface area contributed by atoms with Gasteiger partial charge in [0.25, 0.3) is 5.91 Å². The van der Waals surface area contributed by atoms with Gasteiger partial charge in [-0.1, -0.05) is 91.0 Å². The molecular formula is C32H35Cl2N3O4. The van der Waals surface area contributed by atoms with E-state index >= 15 is 0 Å². The van der Waals surface area contributed by atoms with Crippen LogP contribution in [0.3, 0.4) is 0 Å². The third kappa shape index (κ3) is 8.02. The first-order valence-corrected chi connectivity index (χ1v) is 14.5. The summed E-state index contributed by atoms with van der Waals surface area (Å²) >= 11 is 12.5. The van der Waals surface area contributed by atoms with E-state index in [2.05, 4.69) is 16.0 Å². The Balaban J connectivity index is 1.70. The second-order valence-electron chi connectivity index (χ2n) is 11.2. The second-order valence-corrected chi connectivity index (χ2v) is 12.0. The number of hydrogen-bond acceptors (Lipinski definition) is 4. The third-order valence-corrected chi connectivity index (χ3v) is 7.52. The predicted molar refractivity (Wildman–Crippen MR) is 165 cm³/mol. The number of benzene rings is 3. The van der Waals surface area contributed by atoms with Crippen LogP contribution >= 0.6 is 23.2 Å². The van der Waals surface area contributed by atoms with Crippen molar-refractivity contribution in [3.05, 3.63) is 82.3 Å². The summed E-state index contributed by atoms with van der Waals surface area (Å²) in [6.07, 6.45) is 4.70. The number of carbonyl (C=O) groups is 3. The topological polar surface area (TPSA) is 96.5 Å². The summed E-state index contributed by atoms with van der Waals surface area (Å²) < 4.78 is 5.73. The van der Waals surface area contributed by atoms with Gasteiger partial charge in [0.1, 0.15) is 11.6 Å². The number of esters is 1. The number of hydrogen-bond donors (Lipinski definition) is 3. The molecule has 0 spiro atoms. The van der Waals surface area contributed by atoms with Crippen LogP contribution in [0.2, 0.25) is 10.0 Å². The largest absolute Gasteiger partial charge is 0.458 e. The van der Waals surface area contributed by atoms with Gasteiger partial charge >= 0.3 is 12.0 Å². The molecular weight excluding hydrogens is 561 g/mol. The number of urea groups is 1. The van der Waals surface area contributed by atoms with Gasteiger partial charge in [0.05, 0.1) is 27.0 Å². The van der Waals surface area contributed by atoms with E-state index in [0.717, 1.165) is 37.7 Å². The molecule has 1 aliphatic rings. The molecule has 0 saturated heterocycles. The van der Waals surface area contributed by atoms with Crippen molar-refractivity contribution in [1.29, 1.82) is 0 Å². The first kappa shape index (κ1) is 30.4. The highest BCUT2D eigenvalue weighted by Gasteiger charge is 2.35. The second kappa shape index (κ2) is 13.4. The first-order chi connectivity index (χ1) is 19.5. The zero-order chi connectivity index (χ0) is 29.6. The molecule has 7 nitrogen and oxygen atoms in total. The number of amides is 3. The van der Waals surface area contributed by atoms with E-state index in [1.54, 1.807) is 57.2 Å². The van der Waals surface area contributed by atoms with Crippen LogP contribution in [-0.4, -0.2) is 29.6 Å². The van der Waals surface area contributed by atoms with Crippen LogP contribution in [0.5, 0.6) is 0 Å². The summed E-state index contributed by atoms with van der Waals surface area (Å²) in [7, 11) is 0. The molecule has 3 N–H and O–H groups in total. The molecule has 0 unspecified atom stereocenters. The van der Waals surface area contributed by atoms with Gasteiger partial charge < -0.3 is 20.7 Å². The van der Waals surface area contributed by atoms with Crippen molar-refractivity contribution >= 4 is 52.5 Å². The average molecular weight is 597 g/mol. The number of anilines is 2. The van der Waals surface area contributed by atoms with Gasteiger partial charge in [-0.25, -0.2) is 9.59 Å². The SMILES string of the molecule is CC(C)(C)OC(=O)[C@@H](NC(=O)c1c(NC(=O)Nc2c(Cl)cccc2Cl)cccc1-c1ccccc1)C1CCCCC1. The Morgan fingerprint density at radius 1 is 0.829 bits per heavy atom. The van der Waals surface area contributed by atoms with Crippen LogP contribution < -0.4 is 16.0 Å². The van der Waals surface area contributed by atoms with Crippen molar-refractivity contribution in [2.75, 3.05) is 10.6 Å². The molecule has 0 radical (unpaired) electrons. The van der Waals surface area contributed by atoms with E-state index in [-0.39, 0.29) is 32.9 Å². The standard InChI is InChI=1S/C32H35Cl2N3O4/c1-32(2,3)41-30(39)27(21-14-8-5-9-15-21)36-29(38)26-22(20-12-6-4-7-13-20)16-10-19-25(26)35-31(40)37-28-23(33)17-11-18-24(28)34/h4,6-7,10-13,16-19,21,27H,5,8-9,14-15H2,1-3H3,(H,36,38)(H2,35,37,40)/t27-/m0/s1. The molecule has 1 aliphatic carbocycles. The van der Waals surface area contributed by atoms with Crippen molar-refractivity contribution < 1.29 is 19.1 Å². The molecule has 216 valence electrons. The minimum atomic E-state index is -0.825. The van der Waals surface area contributed by atoms with E-state index in [0.29, 0.717) is 5.56 Å². The molecule has 41 heavy (non-hydrogen) atoms. The van der Waals surface area contributed by atoms with Gasteiger partial charge in [-0.15, -0.1) is 0 Å². The highest BCUT2D eigenvalue weighted by atomic mass is 35.5. The molecule has 3 aromatic carbocycles. The van der Waals surface area contributed by atoms with E-state index in [1.807, 2.05) is 30.3 Å². The van der Waals surface area contributed by atoms with E-state index in [1.165, 1.54) is 0 Å². The van der Waals surface area contributed by atoms with Crippen molar-refractivity contribution in [2.45, 2.75) is 64.5 Å². The zero-order valence-electron chi connectivity index (χ0n) is 23.4. The molecule has 0 aliphatic heterocycles. The summed E-state index contributed by atoms with van der Waals surface area (Å²) in [4.78, 5) is 40.6. The fraction of sp³-hybridized carbons (Fsp3) is 0.344. The summed E-state index contributed by atoms with van der Waals surface area (Å²) in [6, 6.07) is 18.0. The van der Waals surface area contributed by atoms with Gasteiger partial charge in [0, 0.05) is 0 Å². The zero-order valence-corrected chi connectivity index (χ0v) is 24.9. The lowest BCUT2D eigenvalue weighted by molar-refractivity contribution is -0.159. The smallest absolute Gasteiger partial charge is 0.329 e. The molecule has 1 saturated carbocycles. The number of halogens is 2. The monoisotopic (exact) mass is 595 g/mol. The van der Waals surface area contributed by atoms with Gasteiger partial charge in [0.2, 0.25) is 0 Å². The van der Waals surface area contributed by atoms with Crippen LogP contribution in [0.4, 0.5) is 16.2 Å². The Labute approximate surface area is 251 Å². The molecule has 0 aromatic heterocycles. The van der Waals surface area contributed by atoms with Crippen molar-refractivity contribution in [2.24, 2.45) is 5.92 Å². The fourth-order valence-corrected chi connectivity index (χ4v) is 5.55. The summed E-state index contributed by atoms with van der Waals surface area (Å²) in [5, 5.41) is 8.99. The minimum absolute atomic E-state index is 0.0477. The van der Waals surface area contributed by atoms with Gasteiger partial charge in [-0.05, 0) is 68.9 Å². The molecule has 0 heterocycles. The number of carbonyl (C=O) groups excluding carboxylic acids is 3. The molecule has 3 aromatic rings. The minimum Gasteiger partial charge on any atom is -0.458 e. The maximum Gasteiger partial charge on any atom is 0.329 e.